The minimum absolute atomic E-state index is 0.203. The Balaban J connectivity index is 1.48. The summed E-state index contributed by atoms with van der Waals surface area (Å²) in [5.74, 6) is 0.745. The number of hydrogen-bond donors (Lipinski definition) is 0. The van der Waals surface area contributed by atoms with E-state index in [-0.39, 0.29) is 17.4 Å². The Labute approximate surface area is 162 Å². The van der Waals surface area contributed by atoms with Crippen molar-refractivity contribution in [1.29, 1.82) is 0 Å². The van der Waals surface area contributed by atoms with Crippen molar-refractivity contribution in [3.8, 4) is 11.5 Å². The Kier molecular flexibility index (Phi) is 4.77. The fraction of sp³-hybridized carbons (Fsp3) is 0.0417. The minimum atomic E-state index is -0.329. The summed E-state index contributed by atoms with van der Waals surface area (Å²) in [5.41, 5.74) is 3.25. The molecule has 1 aliphatic heterocycles. The van der Waals surface area contributed by atoms with E-state index in [4.69, 9.17) is 9.47 Å². The standard InChI is InChI=1S/C24H17FO3/c1-2-16-3-5-18(6-4-16)15-27-20-11-12-21-22(14-20)28-23(24(21)26)13-17-7-9-19(25)10-8-17/h2-14H,1,15H2/b23-13-. The maximum atomic E-state index is 13.0. The number of ketones is 1. The van der Waals surface area contributed by atoms with Crippen LogP contribution in [0.4, 0.5) is 4.39 Å². The fourth-order valence-corrected chi connectivity index (χ4v) is 2.88. The highest BCUT2D eigenvalue weighted by molar-refractivity contribution is 6.14. The molecule has 3 aromatic rings. The van der Waals surface area contributed by atoms with Gasteiger partial charge in [-0.25, -0.2) is 4.39 Å². The van der Waals surface area contributed by atoms with Gasteiger partial charge in [0.2, 0.25) is 5.78 Å². The first-order valence-corrected chi connectivity index (χ1v) is 8.80. The molecule has 0 bridgehead atoms. The van der Waals surface area contributed by atoms with Crippen molar-refractivity contribution >= 4 is 17.9 Å². The Hall–Kier alpha value is -3.66. The summed E-state index contributed by atoms with van der Waals surface area (Å²) in [6.45, 7) is 4.14. The van der Waals surface area contributed by atoms with Crippen molar-refractivity contribution in [1.82, 2.24) is 0 Å². The summed E-state index contributed by atoms with van der Waals surface area (Å²) in [7, 11) is 0. The first-order chi connectivity index (χ1) is 13.6. The summed E-state index contributed by atoms with van der Waals surface area (Å²) in [6.07, 6.45) is 3.39. The lowest BCUT2D eigenvalue weighted by Crippen LogP contribution is -1.98. The zero-order valence-corrected chi connectivity index (χ0v) is 15.0. The predicted molar refractivity (Wildman–Crippen MR) is 107 cm³/mol. The number of Topliss-reactive ketones (excluding diaryl/α,β-unsaturated/α-hetero) is 1. The van der Waals surface area contributed by atoms with E-state index in [1.54, 1.807) is 42.5 Å². The normalized spacial score (nSPS) is 13.9. The van der Waals surface area contributed by atoms with Gasteiger partial charge in [-0.1, -0.05) is 49.1 Å². The van der Waals surface area contributed by atoms with Crippen LogP contribution in [0, 0.1) is 5.82 Å². The van der Waals surface area contributed by atoms with Crippen LogP contribution in [-0.4, -0.2) is 5.78 Å². The van der Waals surface area contributed by atoms with Crippen LogP contribution in [0.3, 0.4) is 0 Å². The molecule has 28 heavy (non-hydrogen) atoms. The molecule has 138 valence electrons. The second-order valence-corrected chi connectivity index (χ2v) is 6.38. The molecule has 3 aromatic carbocycles. The van der Waals surface area contributed by atoms with Crippen LogP contribution in [0.25, 0.3) is 12.2 Å². The molecule has 1 aliphatic rings. The van der Waals surface area contributed by atoms with Gasteiger partial charge in [0.15, 0.2) is 5.76 Å². The van der Waals surface area contributed by atoms with E-state index in [9.17, 15) is 9.18 Å². The van der Waals surface area contributed by atoms with Crippen LogP contribution in [-0.2, 0) is 6.61 Å². The third-order valence-electron chi connectivity index (χ3n) is 4.43. The average Bonchev–Trinajstić information content (AvgIpc) is 3.03. The van der Waals surface area contributed by atoms with Crippen molar-refractivity contribution in [3.63, 3.8) is 0 Å². The smallest absolute Gasteiger partial charge is 0.231 e. The maximum absolute atomic E-state index is 13.0. The second-order valence-electron chi connectivity index (χ2n) is 6.38. The number of carbonyl (C=O) groups excluding carboxylic acids is 1. The molecule has 0 saturated carbocycles. The number of rotatable bonds is 5. The van der Waals surface area contributed by atoms with Gasteiger partial charge in [0.1, 0.15) is 23.9 Å². The number of benzene rings is 3. The SMILES string of the molecule is C=Cc1ccc(COc2ccc3c(c2)O/C(=C\c2ccc(F)cc2)C3=O)cc1. The van der Waals surface area contributed by atoms with Gasteiger partial charge in [-0.15, -0.1) is 0 Å². The van der Waals surface area contributed by atoms with Crippen LogP contribution in [0.1, 0.15) is 27.0 Å². The van der Waals surface area contributed by atoms with Gasteiger partial charge in [-0.3, -0.25) is 4.79 Å². The van der Waals surface area contributed by atoms with Crippen LogP contribution in [0.15, 0.2) is 79.1 Å². The molecule has 0 atom stereocenters. The lowest BCUT2D eigenvalue weighted by Gasteiger charge is -2.07. The molecule has 0 saturated heterocycles. The third-order valence-corrected chi connectivity index (χ3v) is 4.43. The molecule has 0 radical (unpaired) electrons. The van der Waals surface area contributed by atoms with E-state index in [1.165, 1.54) is 12.1 Å². The van der Waals surface area contributed by atoms with E-state index in [2.05, 4.69) is 6.58 Å². The van der Waals surface area contributed by atoms with Gasteiger partial charge >= 0.3 is 0 Å². The summed E-state index contributed by atoms with van der Waals surface area (Å²) in [5, 5.41) is 0. The van der Waals surface area contributed by atoms with E-state index in [0.717, 1.165) is 11.1 Å². The highest BCUT2D eigenvalue weighted by Crippen LogP contribution is 2.35. The van der Waals surface area contributed by atoms with Crippen LogP contribution in [0.2, 0.25) is 0 Å². The van der Waals surface area contributed by atoms with Gasteiger partial charge in [0.05, 0.1) is 5.56 Å². The number of halogens is 1. The van der Waals surface area contributed by atoms with Crippen LogP contribution >= 0.6 is 0 Å². The molecule has 4 heteroatoms. The second kappa shape index (κ2) is 7.53. The molecule has 1 heterocycles. The zero-order valence-electron chi connectivity index (χ0n) is 15.0. The number of ether oxygens (including phenoxy) is 2. The molecule has 0 spiro atoms. The van der Waals surface area contributed by atoms with Crippen molar-refractivity contribution in [3.05, 3.63) is 107 Å². The summed E-state index contributed by atoms with van der Waals surface area (Å²) in [4.78, 5) is 12.5. The van der Waals surface area contributed by atoms with Gasteiger partial charge in [0, 0.05) is 6.07 Å². The van der Waals surface area contributed by atoms with Gasteiger partial charge in [-0.2, -0.15) is 0 Å². The lowest BCUT2D eigenvalue weighted by atomic mass is 10.1. The zero-order chi connectivity index (χ0) is 19.5. The first-order valence-electron chi connectivity index (χ1n) is 8.80. The van der Waals surface area contributed by atoms with Crippen molar-refractivity contribution in [2.24, 2.45) is 0 Å². The monoisotopic (exact) mass is 372 g/mol. The number of hydrogen-bond acceptors (Lipinski definition) is 3. The molecule has 3 nitrogen and oxygen atoms in total. The van der Waals surface area contributed by atoms with E-state index >= 15 is 0 Å². The van der Waals surface area contributed by atoms with E-state index < -0.39 is 0 Å². The lowest BCUT2D eigenvalue weighted by molar-refractivity contribution is 0.101. The number of fused-ring (bicyclic) bond motifs is 1. The Bertz CT molecular complexity index is 1060. The summed E-state index contributed by atoms with van der Waals surface area (Å²) < 4.78 is 24.5. The Morgan fingerprint density at radius 1 is 0.964 bits per heavy atom. The molecule has 4 rings (SSSR count). The predicted octanol–water partition coefficient (Wildman–Crippen LogP) is 5.66. The van der Waals surface area contributed by atoms with E-state index in [0.29, 0.717) is 29.2 Å². The van der Waals surface area contributed by atoms with Crippen molar-refractivity contribution in [2.45, 2.75) is 6.61 Å². The molecular weight excluding hydrogens is 355 g/mol. The van der Waals surface area contributed by atoms with Crippen molar-refractivity contribution in [2.75, 3.05) is 0 Å². The quantitative estimate of drug-likeness (QED) is 0.542. The average molecular weight is 372 g/mol. The van der Waals surface area contributed by atoms with Crippen LogP contribution in [0.5, 0.6) is 11.5 Å². The van der Waals surface area contributed by atoms with Gasteiger partial charge in [-0.05, 0) is 47.0 Å². The first kappa shape index (κ1) is 17.7. The highest BCUT2D eigenvalue weighted by atomic mass is 19.1. The maximum Gasteiger partial charge on any atom is 0.231 e. The summed E-state index contributed by atoms with van der Waals surface area (Å²) >= 11 is 0. The topological polar surface area (TPSA) is 35.5 Å². The van der Waals surface area contributed by atoms with Crippen molar-refractivity contribution < 1.29 is 18.7 Å². The Morgan fingerprint density at radius 2 is 1.68 bits per heavy atom. The third kappa shape index (κ3) is 3.71. The molecule has 0 amide bonds. The van der Waals surface area contributed by atoms with Crippen LogP contribution < -0.4 is 9.47 Å². The number of allylic oxidation sites excluding steroid dienone is 1. The fourth-order valence-electron chi connectivity index (χ4n) is 2.88. The largest absolute Gasteiger partial charge is 0.489 e. The highest BCUT2D eigenvalue weighted by Gasteiger charge is 2.27. The Morgan fingerprint density at radius 3 is 2.39 bits per heavy atom. The van der Waals surface area contributed by atoms with Gasteiger partial charge in [0.25, 0.3) is 0 Å². The molecular formula is C24H17FO3. The van der Waals surface area contributed by atoms with Gasteiger partial charge < -0.3 is 9.47 Å². The number of carbonyl (C=O) groups is 1. The summed E-state index contributed by atoms with van der Waals surface area (Å²) in [6, 6.07) is 18.9. The molecule has 0 fully saturated rings. The molecule has 0 aromatic heterocycles. The minimum Gasteiger partial charge on any atom is -0.489 e. The molecule has 0 aliphatic carbocycles. The molecule has 0 unspecified atom stereocenters. The van der Waals surface area contributed by atoms with E-state index in [1.807, 2.05) is 24.3 Å². The molecule has 0 N–H and O–H groups in total.